The van der Waals surface area contributed by atoms with Gasteiger partial charge in [0.2, 0.25) is 5.91 Å². The Kier molecular flexibility index (Phi) is 4.90. The average molecular weight is 199 g/mol. The third kappa shape index (κ3) is 3.64. The zero-order chi connectivity index (χ0) is 10.4. The Morgan fingerprint density at radius 1 is 1.57 bits per heavy atom. The summed E-state index contributed by atoms with van der Waals surface area (Å²) in [6.45, 7) is 6.92. The lowest BCUT2D eigenvalue weighted by atomic mass is 9.99. The van der Waals surface area contributed by atoms with E-state index in [0.717, 1.165) is 32.1 Å². The van der Waals surface area contributed by atoms with Crippen LogP contribution in [0, 0.1) is 5.92 Å². The molecular formula is C10H21N3O. The molecule has 1 aliphatic heterocycles. The molecule has 0 aromatic carbocycles. The first kappa shape index (κ1) is 11.5. The zero-order valence-corrected chi connectivity index (χ0v) is 9.18. The molecule has 0 bridgehead atoms. The van der Waals surface area contributed by atoms with E-state index >= 15 is 0 Å². The fraction of sp³-hybridized carbons (Fsp3) is 0.900. The van der Waals surface area contributed by atoms with E-state index in [1.54, 1.807) is 7.05 Å². The highest BCUT2D eigenvalue weighted by Gasteiger charge is 2.17. The van der Waals surface area contributed by atoms with Gasteiger partial charge >= 0.3 is 0 Å². The number of amides is 1. The van der Waals surface area contributed by atoms with Crippen LogP contribution in [0.25, 0.3) is 0 Å². The van der Waals surface area contributed by atoms with E-state index in [1.807, 2.05) is 0 Å². The van der Waals surface area contributed by atoms with Crippen LogP contribution in [0.3, 0.4) is 0 Å². The van der Waals surface area contributed by atoms with E-state index in [-0.39, 0.29) is 5.91 Å². The molecule has 2 N–H and O–H groups in total. The van der Waals surface area contributed by atoms with E-state index in [1.165, 1.54) is 6.42 Å². The second kappa shape index (κ2) is 5.98. The molecule has 0 saturated carbocycles. The predicted molar refractivity (Wildman–Crippen MR) is 57.2 cm³/mol. The molecule has 0 aromatic heterocycles. The number of rotatable bonds is 6. The highest BCUT2D eigenvalue weighted by Crippen LogP contribution is 2.08. The van der Waals surface area contributed by atoms with Gasteiger partial charge in [0, 0.05) is 7.05 Å². The fourth-order valence-electron chi connectivity index (χ4n) is 1.55. The normalized spacial score (nSPS) is 16.8. The maximum atomic E-state index is 11.1. The molecular weight excluding hydrogens is 178 g/mol. The minimum Gasteiger partial charge on any atom is -0.358 e. The average Bonchev–Trinajstić information content (AvgIpc) is 2.13. The van der Waals surface area contributed by atoms with Gasteiger partial charge in [0.25, 0.3) is 0 Å². The first-order valence-electron chi connectivity index (χ1n) is 5.40. The van der Waals surface area contributed by atoms with Crippen LogP contribution in [-0.4, -0.2) is 50.6 Å². The van der Waals surface area contributed by atoms with E-state index in [9.17, 15) is 4.79 Å². The van der Waals surface area contributed by atoms with Crippen molar-refractivity contribution in [3.05, 3.63) is 0 Å². The minimum atomic E-state index is 0.110. The van der Waals surface area contributed by atoms with Gasteiger partial charge < -0.3 is 10.6 Å². The van der Waals surface area contributed by atoms with Crippen molar-refractivity contribution in [2.24, 2.45) is 5.92 Å². The Hall–Kier alpha value is -0.610. The zero-order valence-electron chi connectivity index (χ0n) is 9.18. The first-order valence-corrected chi connectivity index (χ1v) is 5.40. The summed E-state index contributed by atoms with van der Waals surface area (Å²) in [7, 11) is 1.69. The second-order valence-corrected chi connectivity index (χ2v) is 3.85. The SMILES string of the molecule is CCN(CCC1CNC1)CC(=O)NC. The summed E-state index contributed by atoms with van der Waals surface area (Å²) >= 11 is 0. The molecule has 82 valence electrons. The van der Waals surface area contributed by atoms with Gasteiger partial charge in [0.15, 0.2) is 0 Å². The molecule has 0 aliphatic carbocycles. The van der Waals surface area contributed by atoms with Crippen LogP contribution in [-0.2, 0) is 4.79 Å². The monoisotopic (exact) mass is 199 g/mol. The second-order valence-electron chi connectivity index (χ2n) is 3.85. The fourth-order valence-corrected chi connectivity index (χ4v) is 1.55. The summed E-state index contributed by atoms with van der Waals surface area (Å²) in [6, 6.07) is 0. The molecule has 0 unspecified atom stereocenters. The Labute approximate surface area is 86.0 Å². The highest BCUT2D eigenvalue weighted by molar-refractivity contribution is 5.77. The van der Waals surface area contributed by atoms with Crippen LogP contribution in [0.5, 0.6) is 0 Å². The Morgan fingerprint density at radius 2 is 2.29 bits per heavy atom. The molecule has 1 amide bonds. The summed E-state index contributed by atoms with van der Waals surface area (Å²) in [4.78, 5) is 13.3. The van der Waals surface area contributed by atoms with Crippen LogP contribution < -0.4 is 10.6 Å². The highest BCUT2D eigenvalue weighted by atomic mass is 16.1. The largest absolute Gasteiger partial charge is 0.358 e. The molecule has 0 radical (unpaired) electrons. The predicted octanol–water partition coefficient (Wildman–Crippen LogP) is -0.336. The lowest BCUT2D eigenvalue weighted by Crippen LogP contribution is -2.44. The van der Waals surface area contributed by atoms with E-state index < -0.39 is 0 Å². The number of hydrogen-bond donors (Lipinski definition) is 2. The quantitative estimate of drug-likeness (QED) is 0.615. The van der Waals surface area contributed by atoms with Crippen LogP contribution in [0.4, 0.5) is 0 Å². The van der Waals surface area contributed by atoms with Crippen molar-refractivity contribution in [3.63, 3.8) is 0 Å². The standard InChI is InChI=1S/C10H21N3O/c1-3-13(8-10(14)11-2)5-4-9-6-12-7-9/h9,12H,3-8H2,1-2H3,(H,11,14). The number of likely N-dealkylation sites (N-methyl/N-ethyl adjacent to an activating group) is 2. The number of nitrogens with zero attached hydrogens (tertiary/aromatic N) is 1. The Morgan fingerprint density at radius 3 is 2.71 bits per heavy atom. The molecule has 1 rings (SSSR count). The Balaban J connectivity index is 2.13. The van der Waals surface area contributed by atoms with Gasteiger partial charge in [-0.25, -0.2) is 0 Å². The van der Waals surface area contributed by atoms with Crippen LogP contribution >= 0.6 is 0 Å². The maximum Gasteiger partial charge on any atom is 0.233 e. The van der Waals surface area contributed by atoms with Crippen molar-refractivity contribution in [3.8, 4) is 0 Å². The first-order chi connectivity index (χ1) is 6.76. The lowest BCUT2D eigenvalue weighted by Gasteiger charge is -2.29. The molecule has 14 heavy (non-hydrogen) atoms. The number of carbonyl (C=O) groups excluding carboxylic acids is 1. The molecule has 4 nitrogen and oxygen atoms in total. The number of carbonyl (C=O) groups is 1. The van der Waals surface area contributed by atoms with Gasteiger partial charge in [-0.1, -0.05) is 6.92 Å². The van der Waals surface area contributed by atoms with Crippen LogP contribution in [0.15, 0.2) is 0 Å². The van der Waals surface area contributed by atoms with Crippen molar-refractivity contribution in [2.75, 3.05) is 39.8 Å². The van der Waals surface area contributed by atoms with E-state index in [0.29, 0.717) is 6.54 Å². The molecule has 1 saturated heterocycles. The van der Waals surface area contributed by atoms with Crippen molar-refractivity contribution in [2.45, 2.75) is 13.3 Å². The maximum absolute atomic E-state index is 11.1. The Bertz CT molecular complexity index is 180. The third-order valence-electron chi connectivity index (χ3n) is 2.81. The van der Waals surface area contributed by atoms with Gasteiger partial charge in [-0.05, 0) is 38.5 Å². The van der Waals surface area contributed by atoms with E-state index in [4.69, 9.17) is 0 Å². The molecule has 0 aromatic rings. The van der Waals surface area contributed by atoms with Gasteiger partial charge in [-0.3, -0.25) is 9.69 Å². The lowest BCUT2D eigenvalue weighted by molar-refractivity contribution is -0.121. The molecule has 1 heterocycles. The molecule has 0 atom stereocenters. The molecule has 1 aliphatic rings. The minimum absolute atomic E-state index is 0.110. The van der Waals surface area contributed by atoms with E-state index in [2.05, 4.69) is 22.5 Å². The van der Waals surface area contributed by atoms with Crippen molar-refractivity contribution in [1.82, 2.24) is 15.5 Å². The summed E-state index contributed by atoms with van der Waals surface area (Å²) in [5, 5.41) is 5.91. The number of nitrogens with one attached hydrogen (secondary N) is 2. The molecule has 0 spiro atoms. The van der Waals surface area contributed by atoms with Gasteiger partial charge in [-0.2, -0.15) is 0 Å². The summed E-state index contributed by atoms with van der Waals surface area (Å²) in [5.74, 6) is 0.937. The van der Waals surface area contributed by atoms with Gasteiger partial charge in [-0.15, -0.1) is 0 Å². The smallest absolute Gasteiger partial charge is 0.233 e. The van der Waals surface area contributed by atoms with Crippen LogP contribution in [0.1, 0.15) is 13.3 Å². The van der Waals surface area contributed by atoms with Crippen molar-refractivity contribution in [1.29, 1.82) is 0 Å². The third-order valence-corrected chi connectivity index (χ3v) is 2.81. The van der Waals surface area contributed by atoms with Crippen LogP contribution in [0.2, 0.25) is 0 Å². The summed E-state index contributed by atoms with van der Waals surface area (Å²) in [6.07, 6.45) is 1.21. The van der Waals surface area contributed by atoms with Crippen molar-refractivity contribution < 1.29 is 4.79 Å². The summed E-state index contributed by atoms with van der Waals surface area (Å²) in [5.41, 5.74) is 0. The summed E-state index contributed by atoms with van der Waals surface area (Å²) < 4.78 is 0. The van der Waals surface area contributed by atoms with Crippen molar-refractivity contribution >= 4 is 5.91 Å². The molecule has 4 heteroatoms. The van der Waals surface area contributed by atoms with Gasteiger partial charge in [0.05, 0.1) is 6.54 Å². The van der Waals surface area contributed by atoms with Gasteiger partial charge in [0.1, 0.15) is 0 Å². The number of hydrogen-bond acceptors (Lipinski definition) is 3. The topological polar surface area (TPSA) is 44.4 Å². The molecule has 1 fully saturated rings.